The predicted molar refractivity (Wildman–Crippen MR) is 89.7 cm³/mol. The molecule has 1 heterocycles. The molecule has 0 aromatic heterocycles. The van der Waals surface area contributed by atoms with Gasteiger partial charge in [-0.1, -0.05) is 22.0 Å². The summed E-state index contributed by atoms with van der Waals surface area (Å²) in [5, 5.41) is 8.81. The minimum Gasteiger partial charge on any atom is -0.480 e. The second kappa shape index (κ2) is 7.90. The van der Waals surface area contributed by atoms with E-state index in [4.69, 9.17) is 9.84 Å². The maximum Gasteiger partial charge on any atom is 0.317 e. The molecule has 1 saturated heterocycles. The van der Waals surface area contributed by atoms with Crippen molar-refractivity contribution < 1.29 is 19.4 Å². The van der Waals surface area contributed by atoms with Crippen molar-refractivity contribution in [3.63, 3.8) is 0 Å². The second-order valence-corrected chi connectivity index (χ2v) is 6.60. The molecule has 1 aliphatic heterocycles. The molecule has 0 bridgehead atoms. The molecule has 2 rings (SSSR count). The molecule has 0 saturated carbocycles. The fourth-order valence-electron chi connectivity index (χ4n) is 2.67. The molecular weight excluding hydrogens is 364 g/mol. The van der Waals surface area contributed by atoms with E-state index in [1.807, 2.05) is 25.1 Å². The van der Waals surface area contributed by atoms with Crippen LogP contribution in [-0.4, -0.2) is 72.7 Å². The Morgan fingerprint density at radius 3 is 2.91 bits per heavy atom. The van der Waals surface area contributed by atoms with Crippen molar-refractivity contribution in [1.29, 1.82) is 0 Å². The number of likely N-dealkylation sites (N-methyl/N-ethyl adjacent to an activating group) is 1. The summed E-state index contributed by atoms with van der Waals surface area (Å²) in [6.45, 7) is 3.82. The van der Waals surface area contributed by atoms with Crippen LogP contribution in [0.3, 0.4) is 0 Å². The maximum atomic E-state index is 12.7. The van der Waals surface area contributed by atoms with Gasteiger partial charge in [0.1, 0.15) is 0 Å². The molecule has 23 heavy (non-hydrogen) atoms. The highest BCUT2D eigenvalue weighted by Crippen LogP contribution is 2.21. The van der Waals surface area contributed by atoms with Crippen molar-refractivity contribution in [3.05, 3.63) is 33.8 Å². The van der Waals surface area contributed by atoms with Gasteiger partial charge in [0.25, 0.3) is 5.91 Å². The molecule has 7 heteroatoms. The van der Waals surface area contributed by atoms with Crippen LogP contribution in [0.15, 0.2) is 22.7 Å². The summed E-state index contributed by atoms with van der Waals surface area (Å²) in [4.78, 5) is 26.9. The molecule has 0 aliphatic carbocycles. The van der Waals surface area contributed by atoms with Gasteiger partial charge in [0, 0.05) is 29.7 Å². The van der Waals surface area contributed by atoms with Crippen LogP contribution in [0.25, 0.3) is 0 Å². The SMILES string of the molecule is Cc1c(Br)cccc1C(=O)N1CCOC(CN(C)CC(=O)O)C1. The Hall–Kier alpha value is -1.44. The van der Waals surface area contributed by atoms with Crippen LogP contribution >= 0.6 is 15.9 Å². The summed E-state index contributed by atoms with van der Waals surface area (Å²) >= 11 is 3.45. The molecule has 126 valence electrons. The number of nitrogens with zero attached hydrogens (tertiary/aromatic N) is 2. The Kier molecular flexibility index (Phi) is 6.15. The first-order valence-electron chi connectivity index (χ1n) is 7.45. The van der Waals surface area contributed by atoms with E-state index in [-0.39, 0.29) is 18.6 Å². The van der Waals surface area contributed by atoms with Crippen LogP contribution in [0.2, 0.25) is 0 Å². The van der Waals surface area contributed by atoms with Gasteiger partial charge in [-0.25, -0.2) is 0 Å². The van der Waals surface area contributed by atoms with E-state index in [1.165, 1.54) is 0 Å². The number of ether oxygens (including phenoxy) is 1. The number of halogens is 1. The average Bonchev–Trinajstić information content (AvgIpc) is 2.48. The summed E-state index contributed by atoms with van der Waals surface area (Å²) in [6, 6.07) is 5.58. The molecule has 0 radical (unpaired) electrons. The molecule has 1 N–H and O–H groups in total. The molecule has 6 nitrogen and oxygen atoms in total. The fraction of sp³-hybridized carbons (Fsp3) is 0.500. The van der Waals surface area contributed by atoms with Gasteiger partial charge in [-0.15, -0.1) is 0 Å². The van der Waals surface area contributed by atoms with Crippen LogP contribution in [-0.2, 0) is 9.53 Å². The van der Waals surface area contributed by atoms with E-state index in [0.29, 0.717) is 31.8 Å². The lowest BCUT2D eigenvalue weighted by atomic mass is 10.1. The Morgan fingerprint density at radius 1 is 1.48 bits per heavy atom. The highest BCUT2D eigenvalue weighted by atomic mass is 79.9. The van der Waals surface area contributed by atoms with E-state index in [1.54, 1.807) is 16.8 Å². The van der Waals surface area contributed by atoms with Gasteiger partial charge in [0.05, 0.1) is 19.3 Å². The Labute approximate surface area is 144 Å². The third kappa shape index (κ3) is 4.76. The number of morpholine rings is 1. The highest BCUT2D eigenvalue weighted by molar-refractivity contribution is 9.10. The van der Waals surface area contributed by atoms with Crippen LogP contribution in [0.1, 0.15) is 15.9 Å². The predicted octanol–water partition coefficient (Wildman–Crippen LogP) is 1.61. The van der Waals surface area contributed by atoms with Gasteiger partial charge in [-0.05, 0) is 31.7 Å². The zero-order valence-electron chi connectivity index (χ0n) is 13.3. The molecule has 0 spiro atoms. The summed E-state index contributed by atoms with van der Waals surface area (Å²) in [6.07, 6.45) is -0.176. The summed E-state index contributed by atoms with van der Waals surface area (Å²) in [7, 11) is 1.73. The van der Waals surface area contributed by atoms with Crippen LogP contribution in [0, 0.1) is 6.92 Å². The number of hydrogen-bond acceptors (Lipinski definition) is 4. The number of rotatable bonds is 5. The largest absolute Gasteiger partial charge is 0.480 e. The Morgan fingerprint density at radius 2 is 2.22 bits per heavy atom. The standard InChI is InChI=1S/C16H21BrN2O4/c1-11-13(4-3-5-14(11)17)16(22)19-6-7-23-12(9-19)8-18(2)10-15(20)21/h3-5,12H,6-10H2,1-2H3,(H,20,21). The number of carboxylic acids is 1. The smallest absolute Gasteiger partial charge is 0.317 e. The van der Waals surface area contributed by atoms with Crippen molar-refractivity contribution in [3.8, 4) is 0 Å². The lowest BCUT2D eigenvalue weighted by molar-refractivity contribution is -0.138. The number of hydrogen-bond donors (Lipinski definition) is 1. The second-order valence-electron chi connectivity index (χ2n) is 5.75. The normalized spacial score (nSPS) is 18.3. The van der Waals surface area contributed by atoms with Crippen molar-refractivity contribution in [2.24, 2.45) is 0 Å². The number of amides is 1. The molecular formula is C16H21BrN2O4. The van der Waals surface area contributed by atoms with Gasteiger partial charge in [0.15, 0.2) is 0 Å². The Bertz CT molecular complexity index is 593. The fourth-order valence-corrected chi connectivity index (χ4v) is 3.03. The van der Waals surface area contributed by atoms with Gasteiger partial charge < -0.3 is 14.7 Å². The minimum atomic E-state index is -0.874. The maximum absolute atomic E-state index is 12.7. The molecule has 1 aliphatic rings. The van der Waals surface area contributed by atoms with Crippen molar-refractivity contribution in [1.82, 2.24) is 9.80 Å². The third-order valence-electron chi connectivity index (χ3n) is 3.84. The zero-order valence-corrected chi connectivity index (χ0v) is 14.9. The molecule has 1 unspecified atom stereocenters. The summed E-state index contributed by atoms with van der Waals surface area (Å²) < 4.78 is 6.57. The zero-order chi connectivity index (χ0) is 17.0. The molecule has 1 amide bonds. The quantitative estimate of drug-likeness (QED) is 0.834. The van der Waals surface area contributed by atoms with Crippen LogP contribution < -0.4 is 0 Å². The van der Waals surface area contributed by atoms with Gasteiger partial charge in [-0.2, -0.15) is 0 Å². The number of carbonyl (C=O) groups excluding carboxylic acids is 1. The van der Waals surface area contributed by atoms with E-state index >= 15 is 0 Å². The minimum absolute atomic E-state index is 0.0158. The first kappa shape index (κ1) is 17.9. The van der Waals surface area contributed by atoms with Crippen molar-refractivity contribution in [2.75, 3.05) is 39.8 Å². The van der Waals surface area contributed by atoms with Crippen molar-refractivity contribution in [2.45, 2.75) is 13.0 Å². The molecule has 1 atom stereocenters. The van der Waals surface area contributed by atoms with E-state index < -0.39 is 5.97 Å². The van der Waals surface area contributed by atoms with Crippen LogP contribution in [0.4, 0.5) is 0 Å². The van der Waals surface area contributed by atoms with E-state index in [2.05, 4.69) is 15.9 Å². The lowest BCUT2D eigenvalue weighted by Gasteiger charge is -2.35. The number of aliphatic carboxylic acids is 1. The first-order valence-corrected chi connectivity index (χ1v) is 8.24. The number of carboxylic acid groups (broad SMARTS) is 1. The Balaban J connectivity index is 2.01. The highest BCUT2D eigenvalue weighted by Gasteiger charge is 2.27. The van der Waals surface area contributed by atoms with Gasteiger partial charge in [-0.3, -0.25) is 14.5 Å². The van der Waals surface area contributed by atoms with Crippen molar-refractivity contribution >= 4 is 27.8 Å². The van der Waals surface area contributed by atoms with Crippen LogP contribution in [0.5, 0.6) is 0 Å². The molecule has 1 aromatic rings. The average molecular weight is 385 g/mol. The van der Waals surface area contributed by atoms with Gasteiger partial charge >= 0.3 is 5.97 Å². The number of benzene rings is 1. The summed E-state index contributed by atoms with van der Waals surface area (Å²) in [5.74, 6) is -0.890. The van der Waals surface area contributed by atoms with Gasteiger partial charge in [0.2, 0.25) is 0 Å². The molecule has 1 fully saturated rings. The lowest BCUT2D eigenvalue weighted by Crippen LogP contribution is -2.49. The third-order valence-corrected chi connectivity index (χ3v) is 4.70. The van der Waals surface area contributed by atoms with E-state index in [0.717, 1.165) is 10.0 Å². The topological polar surface area (TPSA) is 70.1 Å². The monoisotopic (exact) mass is 384 g/mol. The van der Waals surface area contributed by atoms with E-state index in [9.17, 15) is 9.59 Å². The summed E-state index contributed by atoms with van der Waals surface area (Å²) in [5.41, 5.74) is 1.60. The number of carbonyl (C=O) groups is 2. The first-order chi connectivity index (χ1) is 10.9. The molecule has 1 aromatic carbocycles.